The molecule has 0 aliphatic heterocycles. The Hall–Kier alpha value is -0.336. The predicted molar refractivity (Wildman–Crippen MR) is 99.2 cm³/mol. The van der Waals surface area contributed by atoms with Crippen molar-refractivity contribution in [1.82, 2.24) is 0 Å². The summed E-state index contributed by atoms with van der Waals surface area (Å²) in [4.78, 5) is 3.25. The molecule has 123 valence electrons. The van der Waals surface area contributed by atoms with Gasteiger partial charge >= 0.3 is 24.8 Å². The van der Waals surface area contributed by atoms with E-state index in [1.54, 1.807) is 32.1 Å². The molecule has 0 heterocycles. The van der Waals surface area contributed by atoms with Crippen molar-refractivity contribution >= 4 is 29.6 Å². The fourth-order valence-corrected chi connectivity index (χ4v) is 1.87. The molecular formula is C18H27Cl2OTi. The van der Waals surface area contributed by atoms with E-state index in [0.717, 1.165) is 17.5 Å². The van der Waals surface area contributed by atoms with E-state index in [-0.39, 0.29) is 24.8 Å². The average Bonchev–Trinajstić information content (AvgIpc) is 2.83. The van der Waals surface area contributed by atoms with Gasteiger partial charge in [0.2, 0.25) is 0 Å². The first-order valence-corrected chi connectivity index (χ1v) is 7.80. The van der Waals surface area contributed by atoms with E-state index in [4.69, 9.17) is 5.11 Å². The van der Waals surface area contributed by atoms with Gasteiger partial charge in [-0.2, -0.15) is 6.08 Å². The van der Waals surface area contributed by atoms with Crippen molar-refractivity contribution in [3.05, 3.63) is 53.1 Å². The van der Waals surface area contributed by atoms with Crippen LogP contribution in [0.1, 0.15) is 38.3 Å². The van der Waals surface area contributed by atoms with E-state index in [0.29, 0.717) is 11.2 Å². The molecule has 0 unspecified atom stereocenters. The van der Waals surface area contributed by atoms with Crippen LogP contribution in [0.2, 0.25) is 0 Å². The second kappa shape index (κ2) is 13.1. The zero-order valence-corrected chi connectivity index (χ0v) is 17.3. The summed E-state index contributed by atoms with van der Waals surface area (Å²) in [7, 11) is 0. The molecule has 0 atom stereocenters. The number of hydrogen-bond donors (Lipinski definition) is 1. The first-order chi connectivity index (χ1) is 9.29. The summed E-state index contributed by atoms with van der Waals surface area (Å²) in [5.41, 5.74) is 3.86. The second-order valence-corrected chi connectivity index (χ2v) is 5.79. The van der Waals surface area contributed by atoms with Gasteiger partial charge in [0.1, 0.15) is 5.75 Å². The first kappa shape index (κ1) is 26.6. The van der Waals surface area contributed by atoms with Crippen LogP contribution in [0.5, 0.6) is 5.75 Å². The summed E-state index contributed by atoms with van der Waals surface area (Å²) < 4.78 is 0. The van der Waals surface area contributed by atoms with Crippen LogP contribution in [0, 0.1) is 25.3 Å². The van der Waals surface area contributed by atoms with Gasteiger partial charge in [-0.25, -0.2) is 11.6 Å². The minimum absolute atomic E-state index is 0. The van der Waals surface area contributed by atoms with Gasteiger partial charge in [-0.3, -0.25) is 6.08 Å². The Balaban J connectivity index is -0.000000273. The van der Waals surface area contributed by atoms with Crippen LogP contribution >= 0.6 is 24.8 Å². The molecule has 0 saturated heterocycles. The third kappa shape index (κ3) is 11.3. The normalized spacial score (nSPS) is 11.7. The Kier molecular flexibility index (Phi) is 15.9. The molecule has 1 nitrogen and oxygen atoms in total. The van der Waals surface area contributed by atoms with Crippen LogP contribution in [0.15, 0.2) is 35.9 Å². The van der Waals surface area contributed by atoms with Crippen molar-refractivity contribution in [2.75, 3.05) is 0 Å². The van der Waals surface area contributed by atoms with Crippen LogP contribution < -0.4 is 0 Å². The number of hydrogen-bond acceptors (Lipinski definition) is 1. The van der Waals surface area contributed by atoms with E-state index >= 15 is 0 Å². The zero-order valence-electron chi connectivity index (χ0n) is 14.1. The third-order valence-electron chi connectivity index (χ3n) is 2.71. The molecule has 0 saturated carbocycles. The number of rotatable bonds is 0. The predicted octanol–water partition coefficient (Wildman–Crippen LogP) is 5.54. The number of aromatic hydroxyl groups is 1. The summed E-state index contributed by atoms with van der Waals surface area (Å²) >= 11 is 1.75. The molecule has 0 radical (unpaired) electrons. The third-order valence-corrected chi connectivity index (χ3v) is 2.71. The van der Waals surface area contributed by atoms with E-state index < -0.39 is 0 Å². The number of halogens is 2. The summed E-state index contributed by atoms with van der Waals surface area (Å²) in [5, 5.41) is 8.99. The summed E-state index contributed by atoms with van der Waals surface area (Å²) in [6.45, 7) is 10.6. The number of benzene rings is 1. The van der Waals surface area contributed by atoms with Gasteiger partial charge in [-0.15, -0.1) is 31.2 Å². The van der Waals surface area contributed by atoms with Crippen LogP contribution in [-0.4, -0.2) is 9.92 Å². The molecule has 1 aromatic rings. The van der Waals surface area contributed by atoms with E-state index in [2.05, 4.69) is 43.8 Å². The van der Waals surface area contributed by atoms with Crippen molar-refractivity contribution < 1.29 is 25.1 Å². The zero-order chi connectivity index (χ0) is 15.8. The van der Waals surface area contributed by atoms with Crippen molar-refractivity contribution in [2.45, 2.75) is 41.0 Å². The topological polar surface area (TPSA) is 20.2 Å². The maximum atomic E-state index is 8.99. The molecule has 0 amide bonds. The van der Waals surface area contributed by atoms with Gasteiger partial charge in [-0.05, 0) is 42.5 Å². The van der Waals surface area contributed by atoms with Crippen LogP contribution in [0.4, 0.5) is 0 Å². The molecule has 1 N–H and O–H groups in total. The number of phenols is 1. The van der Waals surface area contributed by atoms with Gasteiger partial charge in [0.25, 0.3) is 0 Å². The van der Waals surface area contributed by atoms with E-state index in [9.17, 15) is 0 Å². The Labute approximate surface area is 159 Å². The van der Waals surface area contributed by atoms with Crippen molar-refractivity contribution in [3.8, 4) is 5.75 Å². The van der Waals surface area contributed by atoms with Gasteiger partial charge < -0.3 is 5.11 Å². The minimum atomic E-state index is 0. The van der Waals surface area contributed by atoms with Crippen molar-refractivity contribution in [2.24, 2.45) is 5.41 Å². The molecule has 22 heavy (non-hydrogen) atoms. The molecule has 0 fully saturated rings. The molecule has 1 aliphatic carbocycles. The maximum absolute atomic E-state index is 8.99. The fourth-order valence-electron chi connectivity index (χ4n) is 1.87. The molecule has 0 spiro atoms. The van der Waals surface area contributed by atoms with Crippen molar-refractivity contribution in [1.29, 1.82) is 0 Å². The molecule has 1 aliphatic rings. The van der Waals surface area contributed by atoms with Crippen LogP contribution in [-0.2, 0) is 20.0 Å². The van der Waals surface area contributed by atoms with Gasteiger partial charge in [-0.1, -0.05) is 26.8 Å². The van der Waals surface area contributed by atoms with Gasteiger partial charge in [0, 0.05) is 0 Å². The van der Waals surface area contributed by atoms with Crippen LogP contribution in [0.25, 0.3) is 0 Å². The van der Waals surface area contributed by atoms with E-state index in [1.807, 2.05) is 19.9 Å². The summed E-state index contributed by atoms with van der Waals surface area (Å²) in [6.07, 6.45) is 8.63. The first-order valence-electron chi connectivity index (χ1n) is 6.69. The molecule has 0 bridgehead atoms. The molecule has 0 aromatic heterocycles. The number of allylic oxidation sites excluding steroid dienone is 4. The van der Waals surface area contributed by atoms with E-state index in [1.165, 1.54) is 5.57 Å². The Morgan fingerprint density at radius 1 is 1.05 bits per heavy atom. The fraction of sp³-hybridized carbons (Fsp3) is 0.389. The Morgan fingerprint density at radius 3 is 1.73 bits per heavy atom. The van der Waals surface area contributed by atoms with Crippen LogP contribution in [0.3, 0.4) is 0 Å². The van der Waals surface area contributed by atoms with Gasteiger partial charge in [0.05, 0.1) is 0 Å². The van der Waals surface area contributed by atoms with Crippen molar-refractivity contribution in [3.63, 3.8) is 0 Å². The van der Waals surface area contributed by atoms with Gasteiger partial charge in [0.15, 0.2) is 0 Å². The molecule has 4 heteroatoms. The second-order valence-electron chi connectivity index (χ2n) is 5.79. The number of aryl methyl sites for hydroxylation is 2. The Morgan fingerprint density at radius 2 is 1.50 bits per heavy atom. The summed E-state index contributed by atoms with van der Waals surface area (Å²) in [5.74, 6) is 0.354. The average molecular weight is 378 g/mol. The molecule has 2 rings (SSSR count). The monoisotopic (exact) mass is 377 g/mol. The SMILES string of the molecule is CC(C)(C)C1=[C-]CC=C1.Cc1cc(C)cc(O)c1.Cl.Cl.[CH2]=[Ti+]. The quantitative estimate of drug-likeness (QED) is 0.464. The Bertz CT molecular complexity index is 438. The molecule has 1 aromatic carbocycles. The molecular weight excluding hydrogens is 351 g/mol. The number of phenolic OH excluding ortho intramolecular Hbond substituents is 1. The standard InChI is InChI=1S/C9H13.C8H10O.CH2.2ClH.Ti/c1-9(2,3)8-6-4-5-7-8;1-6-3-7(2)5-8(9)4-6;;;;/h4,6H,5H2,1-3H3;3-5,9H,1-2H3;1H2;2*1H;/q-1;;;;;+1. The summed E-state index contributed by atoms with van der Waals surface area (Å²) in [6, 6.07) is 5.51.